The summed E-state index contributed by atoms with van der Waals surface area (Å²) in [7, 11) is 3.86. The number of thioether (sulfide) groups is 1. The van der Waals surface area contributed by atoms with Crippen molar-refractivity contribution in [3.63, 3.8) is 0 Å². The molecular formula is C50H69BrCl4F40N4O4S3. The van der Waals surface area contributed by atoms with Crippen LogP contribution in [0.25, 0.3) is 0 Å². The number of hydrogen-bond acceptors (Lipinski definition) is 8. The van der Waals surface area contributed by atoms with Gasteiger partial charge in [-0.2, -0.15) is 163 Å². The van der Waals surface area contributed by atoms with Gasteiger partial charge in [-0.15, -0.1) is 0 Å². The van der Waals surface area contributed by atoms with E-state index >= 15 is 0 Å². The summed E-state index contributed by atoms with van der Waals surface area (Å²) in [5, 5.41) is 9.54. The molecule has 0 aromatic carbocycles. The molecule has 0 aromatic rings. The predicted octanol–water partition coefficient (Wildman–Crippen LogP) is 23.7. The van der Waals surface area contributed by atoms with Crippen molar-refractivity contribution in [1.82, 2.24) is 14.5 Å². The molecule has 106 heavy (non-hydrogen) atoms. The van der Waals surface area contributed by atoms with E-state index in [-0.39, 0.29) is 24.0 Å². The molecule has 0 amide bonds. The molecule has 4 atom stereocenters. The van der Waals surface area contributed by atoms with Crippen molar-refractivity contribution in [1.29, 1.82) is 5.26 Å². The van der Waals surface area contributed by atoms with Gasteiger partial charge in [-0.25, -0.2) is 39.1 Å². The second-order valence-corrected chi connectivity index (χ2v) is 30.3. The molecule has 0 aliphatic carbocycles. The maximum atomic E-state index is 13.6. The number of nitrogens with zero attached hydrogens (tertiary/aromatic N) is 3. The number of nitriles is 1. The Kier molecular flexibility index (Phi) is 52.6. The smallest absolute Gasteiger partial charge is 0.309 e. The van der Waals surface area contributed by atoms with E-state index in [1.807, 2.05) is 13.8 Å². The first-order valence-electron chi connectivity index (χ1n) is 28.6. The zero-order valence-electron chi connectivity index (χ0n) is 54.9. The maximum absolute atomic E-state index is 13.6. The molecule has 0 rings (SSSR count). The highest BCUT2D eigenvalue weighted by molar-refractivity contribution is 9.09. The number of thiocyanates is 1. The fourth-order valence-electron chi connectivity index (χ4n) is 7.39. The standard InChI is InChI=1S/C14H22F10N2O2S.C10H9F10NS.C9H9BrF10.C9H9ClF10O2S.C5H13N.C2H6.CHCl3/c1-26(2)7-4-6-25-29(27,28)8-3-5-10(12(16,17)18)9-11(15,13(19,20)21)14(22,23)24;11-7(9(15,16)17,10(18,19)20)4-6(8(12,13)14)2-1-3-22-5-21;10-3-1-2-5(7(12,13)14)4-6(11,8(15,16)17)9(18,19)20;10-23(21,22)3-1-2-5(7(12,13)14)4-6(11,8(15,16)17)9(18,19)20;1-4-5-6(2)3;1-2;2-1(3)4/h10,25H,3-9H2,1-2H3;6H,1-4H2;5H,1-4H2;5H,1-4H2;4-5H2,1-3H3;1-2H3;1H. The molecule has 8 nitrogen and oxygen atoms in total. The van der Waals surface area contributed by atoms with Gasteiger partial charge in [-0.3, -0.25) is 0 Å². The number of sulfonamides is 1. The maximum Gasteiger partial charge on any atom is 0.431 e. The molecule has 646 valence electrons. The lowest BCUT2D eigenvalue weighted by Gasteiger charge is -2.33. The molecule has 0 spiro atoms. The molecule has 0 aromatic heterocycles. The summed E-state index contributed by atoms with van der Waals surface area (Å²) in [5.74, 6) is -15.1. The minimum absolute atomic E-state index is 0.0566. The molecular weight excluding hydrogens is 1800 g/mol. The number of hydrogen-bond donors (Lipinski definition) is 1. The van der Waals surface area contributed by atoms with Crippen LogP contribution in [-0.4, -0.2) is 198 Å². The van der Waals surface area contributed by atoms with Gasteiger partial charge in [0.1, 0.15) is 5.40 Å². The monoisotopic (exact) mass is 1860 g/mol. The molecule has 0 saturated heterocycles. The van der Waals surface area contributed by atoms with Crippen LogP contribution >= 0.6 is 73.2 Å². The normalized spacial score (nSPS) is 15.2. The molecule has 0 aliphatic rings. The van der Waals surface area contributed by atoms with Crippen molar-refractivity contribution in [2.45, 2.75) is 212 Å². The molecule has 0 heterocycles. The third-order valence-corrected chi connectivity index (χ3v) is 16.7. The molecule has 56 heteroatoms. The van der Waals surface area contributed by atoms with E-state index in [9.17, 15) is 192 Å². The van der Waals surface area contributed by atoms with Crippen LogP contribution in [0.15, 0.2) is 0 Å². The summed E-state index contributed by atoms with van der Waals surface area (Å²) < 4.78 is 546. The van der Waals surface area contributed by atoms with Crippen molar-refractivity contribution in [3.8, 4) is 5.40 Å². The second-order valence-electron chi connectivity index (χ2n) is 21.8. The molecule has 0 radical (unpaired) electrons. The van der Waals surface area contributed by atoms with E-state index < -0.39 is 226 Å². The minimum Gasteiger partial charge on any atom is -0.309 e. The van der Waals surface area contributed by atoms with E-state index in [0.717, 1.165) is 0 Å². The Morgan fingerprint density at radius 3 is 0.811 bits per heavy atom. The van der Waals surface area contributed by atoms with Gasteiger partial charge in [0, 0.05) is 54.0 Å². The summed E-state index contributed by atoms with van der Waals surface area (Å²) >= 11 is 17.6. The average Bonchev–Trinajstić information content (AvgIpc) is 0.785. The fraction of sp³-hybridized carbons (Fsp3) is 0.980. The van der Waals surface area contributed by atoms with Gasteiger partial charge in [0.25, 0.3) is 22.7 Å². The van der Waals surface area contributed by atoms with E-state index in [1.165, 1.54) is 18.4 Å². The Morgan fingerprint density at radius 1 is 0.406 bits per heavy atom. The molecule has 0 saturated carbocycles. The van der Waals surface area contributed by atoms with Crippen LogP contribution in [0.4, 0.5) is 176 Å². The van der Waals surface area contributed by atoms with Gasteiger partial charge in [-0.05, 0) is 117 Å². The highest BCUT2D eigenvalue weighted by Crippen LogP contribution is 2.57. The quantitative estimate of drug-likeness (QED) is 0.0249. The first-order chi connectivity index (χ1) is 46.4. The minimum atomic E-state index is -6.62. The Bertz CT molecular complexity index is 2570. The van der Waals surface area contributed by atoms with Gasteiger partial charge >= 0.3 is 74.1 Å². The highest BCUT2D eigenvalue weighted by atomic mass is 79.9. The van der Waals surface area contributed by atoms with Gasteiger partial charge in [0.15, 0.2) is 4.30 Å². The molecule has 1 N–H and O–H groups in total. The van der Waals surface area contributed by atoms with E-state index in [4.69, 9.17) is 40.1 Å². The van der Waals surface area contributed by atoms with Crippen LogP contribution in [-0.2, 0) is 19.1 Å². The fourth-order valence-corrected chi connectivity index (χ4v) is 10.1. The average molecular weight is 1870 g/mol. The number of alkyl halides is 44. The van der Waals surface area contributed by atoms with Gasteiger partial charge in [0.2, 0.25) is 19.1 Å². The van der Waals surface area contributed by atoms with Crippen LogP contribution in [0.2, 0.25) is 0 Å². The number of halogens is 45. The lowest BCUT2D eigenvalue weighted by Crippen LogP contribution is -2.55. The van der Waals surface area contributed by atoms with Crippen LogP contribution in [0, 0.1) is 34.3 Å². The van der Waals surface area contributed by atoms with Crippen LogP contribution in [0.1, 0.15) is 111 Å². The first kappa shape index (κ1) is 118. The SMILES string of the molecule is CC.CCCN(C)C.CN(C)CCCNS(=O)(=O)CCCC(CC(F)(C(F)(F)F)C(F)(F)F)C(F)(F)F.ClC(Cl)Cl.FC(F)(F)C(CCCBr)CC(F)(C(F)(F)F)C(F)(F)F.N#CSCCCC(CC(F)(C(F)(F)F)C(F)(F)F)C(F)(F)F.O=S(=O)(Cl)CCCC(CC(F)(C(F)(F)F)C(F)(F)F)C(F)(F)F. The van der Waals surface area contributed by atoms with Crippen LogP contribution in [0.5, 0.6) is 0 Å². The van der Waals surface area contributed by atoms with Crippen molar-refractivity contribution >= 4 is 92.3 Å². The summed E-state index contributed by atoms with van der Waals surface area (Å²) in [6, 6.07) is 0. The predicted molar refractivity (Wildman–Crippen MR) is 315 cm³/mol. The first-order valence-corrected chi connectivity index (χ1v) is 36.2. The van der Waals surface area contributed by atoms with Crippen LogP contribution in [0.3, 0.4) is 0 Å². The van der Waals surface area contributed by atoms with E-state index in [0.29, 0.717) is 24.7 Å². The molecule has 0 bridgehead atoms. The topological polar surface area (TPSA) is 111 Å². The molecule has 4 unspecified atom stereocenters. The zero-order chi connectivity index (χ0) is 87.0. The summed E-state index contributed by atoms with van der Waals surface area (Å²) in [6.07, 6.45) is -91.9. The number of rotatable bonds is 30. The Hall–Kier alpha value is -1.54. The van der Waals surface area contributed by atoms with Crippen molar-refractivity contribution < 1.29 is 192 Å². The Morgan fingerprint density at radius 2 is 0.632 bits per heavy atom. The van der Waals surface area contributed by atoms with Gasteiger partial charge in [0.05, 0.1) is 35.2 Å². The largest absolute Gasteiger partial charge is 0.431 e. The summed E-state index contributed by atoms with van der Waals surface area (Å²) in [4.78, 5) is 3.91. The Balaban J connectivity index is -0.000000235. The van der Waals surface area contributed by atoms with Crippen molar-refractivity contribution in [2.75, 3.05) is 70.4 Å². The Labute approximate surface area is 613 Å². The van der Waals surface area contributed by atoms with Crippen LogP contribution < -0.4 is 4.72 Å². The lowest BCUT2D eigenvalue weighted by molar-refractivity contribution is -0.353. The lowest BCUT2D eigenvalue weighted by atomic mass is 9.87. The zero-order valence-corrected chi connectivity index (χ0v) is 62.0. The molecule has 0 aliphatic heterocycles. The third-order valence-electron chi connectivity index (χ3n) is 12.8. The molecule has 0 fully saturated rings. The van der Waals surface area contributed by atoms with Crippen molar-refractivity contribution in [2.24, 2.45) is 23.7 Å². The van der Waals surface area contributed by atoms with Gasteiger partial charge in [-0.1, -0.05) is 71.5 Å². The van der Waals surface area contributed by atoms with E-state index in [2.05, 4.69) is 57.3 Å². The summed E-state index contributed by atoms with van der Waals surface area (Å²) in [5.41, 5.74) is -24.0. The third kappa shape index (κ3) is 47.2. The van der Waals surface area contributed by atoms with Crippen molar-refractivity contribution in [3.05, 3.63) is 0 Å². The second kappa shape index (κ2) is 47.3. The number of nitrogens with one attached hydrogen (secondary N) is 1. The highest BCUT2D eigenvalue weighted by Gasteiger charge is 2.77. The van der Waals surface area contributed by atoms with Gasteiger partial charge < -0.3 is 9.80 Å². The summed E-state index contributed by atoms with van der Waals surface area (Å²) in [6.45, 7) is 7.82. The van der Waals surface area contributed by atoms with E-state index in [1.54, 1.807) is 19.0 Å².